The molecule has 0 fully saturated rings. The van der Waals surface area contributed by atoms with Crippen LogP contribution in [0.1, 0.15) is 33.3 Å². The van der Waals surface area contributed by atoms with Crippen molar-refractivity contribution in [1.29, 1.82) is 0 Å². The van der Waals surface area contributed by atoms with Crippen LogP contribution in [0.2, 0.25) is 0 Å². The highest BCUT2D eigenvalue weighted by Crippen LogP contribution is 2.18. The monoisotopic (exact) mass is 432 g/mol. The van der Waals surface area contributed by atoms with Crippen LogP contribution in [0.15, 0.2) is 59.5 Å². The normalized spacial score (nSPS) is 12.8. The van der Waals surface area contributed by atoms with Crippen LogP contribution < -0.4 is 10.0 Å². The highest BCUT2D eigenvalue weighted by Gasteiger charge is 2.29. The Labute approximate surface area is 177 Å². The number of anilines is 1. The molecule has 8 heteroatoms. The minimum Gasteiger partial charge on any atom is -0.465 e. The van der Waals surface area contributed by atoms with E-state index in [0.717, 1.165) is 5.56 Å². The van der Waals surface area contributed by atoms with Crippen molar-refractivity contribution in [3.8, 4) is 0 Å². The summed E-state index contributed by atoms with van der Waals surface area (Å²) in [7, 11) is -3.68. The van der Waals surface area contributed by atoms with Crippen molar-refractivity contribution in [2.75, 3.05) is 11.9 Å². The summed E-state index contributed by atoms with van der Waals surface area (Å²) in [6.07, 6.45) is 0.202. The number of hydrogen-bond donors (Lipinski definition) is 2. The van der Waals surface area contributed by atoms with Gasteiger partial charge in [-0.1, -0.05) is 30.3 Å². The summed E-state index contributed by atoms with van der Waals surface area (Å²) < 4.78 is 32.4. The van der Waals surface area contributed by atoms with Crippen LogP contribution in [0.5, 0.6) is 0 Å². The van der Waals surface area contributed by atoms with Gasteiger partial charge in [0, 0.05) is 11.2 Å². The number of carbonyl (C=O) groups is 2. The molecule has 0 aliphatic carbocycles. The van der Waals surface area contributed by atoms with Crippen molar-refractivity contribution in [3.05, 3.63) is 60.2 Å². The van der Waals surface area contributed by atoms with E-state index in [0.29, 0.717) is 5.69 Å². The molecule has 162 valence electrons. The molecule has 2 rings (SSSR count). The second kappa shape index (κ2) is 9.86. The zero-order valence-corrected chi connectivity index (χ0v) is 18.5. The van der Waals surface area contributed by atoms with Crippen molar-refractivity contribution in [3.63, 3.8) is 0 Å². The van der Waals surface area contributed by atoms with E-state index in [1.807, 2.05) is 30.3 Å². The van der Waals surface area contributed by atoms with Crippen LogP contribution in [0.25, 0.3) is 0 Å². The second-order valence-electron chi connectivity index (χ2n) is 7.86. The maximum Gasteiger partial charge on any atom is 0.318 e. The van der Waals surface area contributed by atoms with E-state index in [9.17, 15) is 18.0 Å². The Hall–Kier alpha value is -2.71. The van der Waals surface area contributed by atoms with Gasteiger partial charge in [0.05, 0.1) is 11.5 Å². The molecule has 0 aliphatic rings. The van der Waals surface area contributed by atoms with Crippen LogP contribution in [0.4, 0.5) is 5.69 Å². The van der Waals surface area contributed by atoms with Crippen LogP contribution >= 0.6 is 0 Å². The predicted octanol–water partition coefficient (Wildman–Crippen LogP) is 3.12. The molecule has 0 saturated carbocycles. The number of hydrogen-bond acceptors (Lipinski definition) is 5. The summed E-state index contributed by atoms with van der Waals surface area (Å²) in [6, 6.07) is 15.0. The van der Waals surface area contributed by atoms with Gasteiger partial charge in [0.25, 0.3) is 0 Å². The molecule has 30 heavy (non-hydrogen) atoms. The molecule has 2 aromatic rings. The standard InChI is InChI=1S/C22H28N2O5S/c1-5-29-21(26)19(15-16-9-7-6-8-10-16)20(25)23-17-11-13-18(14-12-17)30(27,28)24-22(2,3)4/h6-14,19,24H,5,15H2,1-4H3,(H,23,25). The largest absolute Gasteiger partial charge is 0.465 e. The number of rotatable bonds is 8. The number of amides is 1. The molecule has 7 nitrogen and oxygen atoms in total. The average Bonchev–Trinajstić information content (AvgIpc) is 2.65. The third kappa shape index (κ3) is 6.96. The van der Waals surface area contributed by atoms with Crippen molar-refractivity contribution in [2.24, 2.45) is 5.92 Å². The molecule has 0 bridgehead atoms. The number of carbonyl (C=O) groups excluding carboxylic acids is 2. The summed E-state index contributed by atoms with van der Waals surface area (Å²) in [6.45, 7) is 7.11. The zero-order valence-electron chi connectivity index (χ0n) is 17.6. The van der Waals surface area contributed by atoms with E-state index < -0.39 is 33.4 Å². The van der Waals surface area contributed by atoms with Crippen molar-refractivity contribution in [1.82, 2.24) is 4.72 Å². The quantitative estimate of drug-likeness (QED) is 0.493. The molecule has 1 unspecified atom stereocenters. The topological polar surface area (TPSA) is 102 Å². The summed E-state index contributed by atoms with van der Waals surface area (Å²) in [5.74, 6) is -2.13. The summed E-state index contributed by atoms with van der Waals surface area (Å²) in [4.78, 5) is 25.2. The smallest absolute Gasteiger partial charge is 0.318 e. The fourth-order valence-corrected chi connectivity index (χ4v) is 4.20. The molecular weight excluding hydrogens is 404 g/mol. The van der Waals surface area contributed by atoms with Gasteiger partial charge in [-0.25, -0.2) is 13.1 Å². The molecule has 2 N–H and O–H groups in total. The molecular formula is C22H28N2O5S. The Morgan fingerprint density at radius 3 is 2.13 bits per heavy atom. The third-order valence-electron chi connectivity index (χ3n) is 4.04. The third-order valence-corrected chi connectivity index (χ3v) is 5.82. The Kier molecular flexibility index (Phi) is 7.75. The Morgan fingerprint density at radius 2 is 1.60 bits per heavy atom. The molecule has 0 aromatic heterocycles. The van der Waals surface area contributed by atoms with Gasteiger partial charge in [-0.15, -0.1) is 0 Å². The maximum atomic E-state index is 12.8. The molecule has 0 saturated heterocycles. The van der Waals surface area contributed by atoms with Crippen molar-refractivity contribution in [2.45, 2.75) is 44.6 Å². The van der Waals surface area contributed by atoms with Gasteiger partial charge in [0.2, 0.25) is 15.9 Å². The Bertz CT molecular complexity index is 965. The fourth-order valence-electron chi connectivity index (χ4n) is 2.78. The summed E-state index contributed by atoms with van der Waals surface area (Å²) >= 11 is 0. The van der Waals surface area contributed by atoms with Crippen molar-refractivity contribution >= 4 is 27.6 Å². The molecule has 0 radical (unpaired) electrons. The molecule has 0 spiro atoms. The Balaban J connectivity index is 2.15. The Morgan fingerprint density at radius 1 is 1.00 bits per heavy atom. The van der Waals surface area contributed by atoms with Gasteiger partial charge in [0.15, 0.2) is 0 Å². The number of esters is 1. The highest BCUT2D eigenvalue weighted by atomic mass is 32.2. The van der Waals surface area contributed by atoms with Crippen LogP contribution in [0.3, 0.4) is 0 Å². The number of nitrogens with one attached hydrogen (secondary N) is 2. The van der Waals surface area contributed by atoms with Crippen LogP contribution in [0, 0.1) is 5.92 Å². The van der Waals surface area contributed by atoms with Gasteiger partial charge in [-0.3, -0.25) is 9.59 Å². The van der Waals surface area contributed by atoms with E-state index in [1.165, 1.54) is 24.3 Å². The minimum atomic E-state index is -3.68. The highest BCUT2D eigenvalue weighted by molar-refractivity contribution is 7.89. The summed E-state index contributed by atoms with van der Waals surface area (Å²) in [5, 5.41) is 2.67. The van der Waals surface area contributed by atoms with Crippen LogP contribution in [-0.2, 0) is 30.8 Å². The first-order chi connectivity index (χ1) is 14.0. The predicted molar refractivity (Wildman–Crippen MR) is 115 cm³/mol. The lowest BCUT2D eigenvalue weighted by molar-refractivity contribution is -0.150. The molecule has 1 atom stereocenters. The van der Waals surface area contributed by atoms with Crippen molar-refractivity contribution < 1.29 is 22.7 Å². The van der Waals surface area contributed by atoms with E-state index in [1.54, 1.807) is 27.7 Å². The number of sulfonamides is 1. The van der Waals surface area contributed by atoms with E-state index >= 15 is 0 Å². The van der Waals surface area contributed by atoms with Gasteiger partial charge < -0.3 is 10.1 Å². The first-order valence-electron chi connectivity index (χ1n) is 9.67. The van der Waals surface area contributed by atoms with E-state index in [-0.39, 0.29) is 17.9 Å². The van der Waals surface area contributed by atoms with E-state index in [2.05, 4.69) is 10.0 Å². The molecule has 0 aliphatic heterocycles. The first kappa shape index (κ1) is 23.6. The van der Waals surface area contributed by atoms with Gasteiger partial charge in [-0.05, 0) is 63.9 Å². The average molecular weight is 433 g/mol. The lowest BCUT2D eigenvalue weighted by Crippen LogP contribution is -2.40. The SMILES string of the molecule is CCOC(=O)C(Cc1ccccc1)C(=O)Nc1ccc(S(=O)(=O)NC(C)(C)C)cc1. The minimum absolute atomic E-state index is 0.0849. The molecule has 0 heterocycles. The van der Waals surface area contributed by atoms with Gasteiger partial charge in [0.1, 0.15) is 5.92 Å². The summed E-state index contributed by atoms with van der Waals surface area (Å²) in [5.41, 5.74) is 0.605. The first-order valence-corrected chi connectivity index (χ1v) is 11.2. The molecule has 2 aromatic carbocycles. The lowest BCUT2D eigenvalue weighted by Gasteiger charge is -2.20. The van der Waals surface area contributed by atoms with E-state index in [4.69, 9.17) is 4.74 Å². The molecule has 1 amide bonds. The second-order valence-corrected chi connectivity index (χ2v) is 9.55. The van der Waals surface area contributed by atoms with Gasteiger partial charge in [-0.2, -0.15) is 0 Å². The fraction of sp³-hybridized carbons (Fsp3) is 0.364. The lowest BCUT2D eigenvalue weighted by atomic mass is 9.98. The number of ether oxygens (including phenoxy) is 1. The maximum absolute atomic E-state index is 12.8. The van der Waals surface area contributed by atoms with Gasteiger partial charge >= 0.3 is 5.97 Å². The zero-order chi connectivity index (χ0) is 22.4. The number of benzene rings is 2. The van der Waals surface area contributed by atoms with Crippen LogP contribution in [-0.4, -0.2) is 32.4 Å².